The lowest BCUT2D eigenvalue weighted by Gasteiger charge is -2.31. The van der Waals surface area contributed by atoms with Crippen LogP contribution in [0.2, 0.25) is 0 Å². The second-order valence-corrected chi connectivity index (χ2v) is 20.2. The first-order valence-electron chi connectivity index (χ1n) is 25.3. The zero-order valence-corrected chi connectivity index (χ0v) is 44.6. The predicted octanol–water partition coefficient (Wildman–Crippen LogP) is -4.70. The topological polar surface area (TPSA) is 479 Å². The lowest BCUT2D eigenvalue weighted by atomic mass is 9.98. The molecule has 9 atom stereocenters. The lowest BCUT2D eigenvalue weighted by molar-refractivity contribution is -0.147. The molecule has 0 aromatic rings. The van der Waals surface area contributed by atoms with E-state index < -0.39 is 170 Å². The minimum atomic E-state index is -1.90. The van der Waals surface area contributed by atoms with E-state index in [1.807, 2.05) is 5.32 Å². The molecule has 1 heterocycles. The molecule has 0 unspecified atom stereocenters. The van der Waals surface area contributed by atoms with Crippen molar-refractivity contribution in [1.29, 1.82) is 5.41 Å². The number of carboxylic acids is 2. The van der Waals surface area contributed by atoms with Gasteiger partial charge in [-0.1, -0.05) is 55.4 Å². The summed E-state index contributed by atoms with van der Waals surface area (Å²) in [6.07, 6.45) is -1.16. The van der Waals surface area contributed by atoms with Crippen molar-refractivity contribution in [1.82, 2.24) is 52.8 Å². The SMILES string of the molecule is CC(C)C[C@H](NC(=O)[C@H](CC(C)C)NC(=O)[C@H](CCCNC(=N)N)NC(=O)[C@@H](NC(=O)CNC(=O)[C@@H]1CCCN1C(=O)[C@@H](NC(=O)[C@@H](N)CO)C(C)C)C(C)C)C(=O)N[C@@H](CCC(N)=O)C(=O)N[C@@H](CC(=O)O)C(=O)O. The minimum absolute atomic E-state index is 0.00131. The van der Waals surface area contributed by atoms with Crippen LogP contribution in [0.1, 0.15) is 113 Å². The Morgan fingerprint density at radius 1 is 0.618 bits per heavy atom. The van der Waals surface area contributed by atoms with Crippen molar-refractivity contribution >= 4 is 77.0 Å². The Kier molecular flexibility index (Phi) is 29.0. The number of primary amides is 1. The van der Waals surface area contributed by atoms with E-state index in [-0.39, 0.29) is 63.0 Å². The quantitative estimate of drug-likeness (QED) is 0.0164. The van der Waals surface area contributed by atoms with Crippen LogP contribution in [-0.2, 0) is 57.5 Å². The van der Waals surface area contributed by atoms with Gasteiger partial charge in [-0.25, -0.2) is 4.79 Å². The number of aliphatic carboxylic acids is 2. The predicted molar refractivity (Wildman–Crippen MR) is 272 cm³/mol. The molecule has 1 fully saturated rings. The second kappa shape index (κ2) is 33.0. The number of hydrogen-bond donors (Lipinski definition) is 16. The number of nitrogens with two attached hydrogens (primary N) is 3. The van der Waals surface area contributed by atoms with Crippen LogP contribution < -0.4 is 65.1 Å². The Morgan fingerprint density at radius 3 is 1.57 bits per heavy atom. The molecule has 1 rings (SSSR count). The average Bonchev–Trinajstić information content (AvgIpc) is 3.82. The maximum Gasteiger partial charge on any atom is 0.326 e. The summed E-state index contributed by atoms with van der Waals surface area (Å²) in [4.78, 5) is 158. The Morgan fingerprint density at radius 2 is 1.11 bits per heavy atom. The third-order valence-corrected chi connectivity index (χ3v) is 11.9. The first kappa shape index (κ1) is 66.8. The molecule has 1 aliphatic heterocycles. The fraction of sp³-hybridized carbons (Fsp3) is 0.723. The van der Waals surface area contributed by atoms with Crippen molar-refractivity contribution in [3.05, 3.63) is 0 Å². The highest BCUT2D eigenvalue weighted by atomic mass is 16.4. The van der Waals surface area contributed by atoms with Gasteiger partial charge in [0.25, 0.3) is 0 Å². The van der Waals surface area contributed by atoms with E-state index in [2.05, 4.69) is 42.5 Å². The summed E-state index contributed by atoms with van der Waals surface area (Å²) in [5.41, 5.74) is 16.3. The standard InChI is InChI=1S/C47H82N14O15/c1-22(2)17-29(41(70)54-28(13-14-33(49)63)40(69)58-31(46(75)76)19-35(65)66)57-42(71)30(18-23(3)4)56-39(68)27(11-9-15-52-47(50)51)55-44(73)36(24(5)6)59-34(64)20-53-43(72)32-12-10-16-61(32)45(74)37(25(7)8)60-38(67)26(48)21-62/h22-32,36-37,62H,9-21,48H2,1-8H3,(H2,49,63)(H,53,72)(H,54,70)(H,55,73)(H,56,68)(H,57,71)(H,58,69)(H,59,64)(H,60,67)(H,65,66)(H,75,76)(H4,50,51,52)/t26-,27-,28-,29-,30-,31-,32-,36-,37-/m0/s1. The molecule has 76 heavy (non-hydrogen) atoms. The zero-order chi connectivity index (χ0) is 58.1. The third-order valence-electron chi connectivity index (χ3n) is 11.9. The molecule has 0 radical (unpaired) electrons. The number of carbonyl (C=O) groups is 12. The number of nitrogens with one attached hydrogen (secondary N) is 10. The number of likely N-dealkylation sites (tertiary alicyclic amines) is 1. The summed E-state index contributed by atoms with van der Waals surface area (Å²) in [7, 11) is 0. The van der Waals surface area contributed by atoms with Crippen molar-refractivity contribution in [3.63, 3.8) is 0 Å². The molecule has 1 aliphatic rings. The highest BCUT2D eigenvalue weighted by molar-refractivity contribution is 5.98. The highest BCUT2D eigenvalue weighted by Gasteiger charge is 2.40. The van der Waals surface area contributed by atoms with E-state index >= 15 is 0 Å². The zero-order valence-electron chi connectivity index (χ0n) is 44.6. The van der Waals surface area contributed by atoms with Gasteiger partial charge in [-0.2, -0.15) is 0 Å². The fourth-order valence-electron chi connectivity index (χ4n) is 7.87. The largest absolute Gasteiger partial charge is 0.481 e. The van der Waals surface area contributed by atoms with E-state index in [1.54, 1.807) is 55.4 Å². The van der Waals surface area contributed by atoms with Crippen LogP contribution >= 0.6 is 0 Å². The number of amides is 10. The number of carbonyl (C=O) groups excluding carboxylic acids is 10. The molecular weight excluding hydrogens is 1000 g/mol. The molecule has 0 saturated carbocycles. The van der Waals surface area contributed by atoms with Crippen LogP contribution in [0, 0.1) is 29.1 Å². The molecule has 29 nitrogen and oxygen atoms in total. The highest BCUT2D eigenvalue weighted by Crippen LogP contribution is 2.21. The average molecular weight is 1080 g/mol. The van der Waals surface area contributed by atoms with Gasteiger partial charge in [-0.15, -0.1) is 0 Å². The van der Waals surface area contributed by atoms with Crippen LogP contribution in [0.15, 0.2) is 0 Å². The molecule has 0 aromatic heterocycles. The van der Waals surface area contributed by atoms with E-state index in [1.165, 1.54) is 4.90 Å². The van der Waals surface area contributed by atoms with Crippen LogP contribution in [0.3, 0.4) is 0 Å². The Hall–Kier alpha value is -7.17. The monoisotopic (exact) mass is 1080 g/mol. The Balaban J connectivity index is 3.35. The minimum Gasteiger partial charge on any atom is -0.481 e. The third kappa shape index (κ3) is 24.0. The van der Waals surface area contributed by atoms with Crippen LogP contribution in [0.4, 0.5) is 0 Å². The lowest BCUT2D eigenvalue weighted by Crippen LogP contribution is -2.60. The van der Waals surface area contributed by atoms with Gasteiger partial charge in [0.2, 0.25) is 59.1 Å². The summed E-state index contributed by atoms with van der Waals surface area (Å²) in [5, 5.41) is 57.9. The van der Waals surface area contributed by atoms with Gasteiger partial charge in [0.15, 0.2) is 5.96 Å². The van der Waals surface area contributed by atoms with Gasteiger partial charge in [0.1, 0.15) is 54.4 Å². The van der Waals surface area contributed by atoms with Gasteiger partial charge in [0, 0.05) is 19.5 Å². The summed E-state index contributed by atoms with van der Waals surface area (Å²) in [6, 6.07) is -12.2. The molecular formula is C47H82N14O15. The van der Waals surface area contributed by atoms with Crippen LogP contribution in [0.5, 0.6) is 0 Å². The van der Waals surface area contributed by atoms with Gasteiger partial charge in [0.05, 0.1) is 19.6 Å². The van der Waals surface area contributed by atoms with Crippen molar-refractivity contribution in [2.45, 2.75) is 168 Å². The molecule has 0 aliphatic carbocycles. The van der Waals surface area contributed by atoms with Gasteiger partial charge in [-0.05, 0) is 68.6 Å². The van der Waals surface area contributed by atoms with E-state index in [9.17, 15) is 67.7 Å². The van der Waals surface area contributed by atoms with Gasteiger partial charge >= 0.3 is 11.9 Å². The summed E-state index contributed by atoms with van der Waals surface area (Å²) < 4.78 is 0. The maximum atomic E-state index is 14.2. The van der Waals surface area contributed by atoms with Crippen molar-refractivity contribution in [2.75, 3.05) is 26.2 Å². The number of carboxylic acid groups (broad SMARTS) is 2. The molecule has 0 bridgehead atoms. The summed E-state index contributed by atoms with van der Waals surface area (Å²) >= 11 is 0. The number of aliphatic hydroxyl groups is 1. The Bertz CT molecular complexity index is 2070. The summed E-state index contributed by atoms with van der Waals surface area (Å²) in [5.74, 6) is -13.4. The first-order valence-corrected chi connectivity index (χ1v) is 25.3. The van der Waals surface area contributed by atoms with Crippen molar-refractivity contribution in [2.24, 2.45) is 40.9 Å². The number of hydrogen-bond acceptors (Lipinski definition) is 15. The summed E-state index contributed by atoms with van der Waals surface area (Å²) in [6.45, 7) is 12.5. The van der Waals surface area contributed by atoms with Crippen LogP contribution in [-0.4, -0.2) is 178 Å². The van der Waals surface area contributed by atoms with E-state index in [0.717, 1.165) is 0 Å². The Labute approximate surface area is 441 Å². The smallest absolute Gasteiger partial charge is 0.326 e. The molecule has 19 N–H and O–H groups in total. The second-order valence-electron chi connectivity index (χ2n) is 20.2. The fourth-order valence-corrected chi connectivity index (χ4v) is 7.87. The van der Waals surface area contributed by atoms with Crippen molar-refractivity contribution < 1.29 is 72.9 Å². The van der Waals surface area contributed by atoms with Crippen LogP contribution in [0.25, 0.3) is 0 Å². The van der Waals surface area contributed by atoms with Crippen molar-refractivity contribution in [3.8, 4) is 0 Å². The molecule has 0 aromatic carbocycles. The number of aliphatic hydroxyl groups excluding tert-OH is 1. The molecule has 430 valence electrons. The number of nitrogens with zero attached hydrogens (tertiary/aromatic N) is 1. The maximum absolute atomic E-state index is 14.2. The van der Waals surface area contributed by atoms with E-state index in [0.29, 0.717) is 6.42 Å². The molecule has 0 spiro atoms. The van der Waals surface area contributed by atoms with Gasteiger partial charge < -0.3 is 85.3 Å². The van der Waals surface area contributed by atoms with Gasteiger partial charge in [-0.3, -0.25) is 58.1 Å². The number of rotatable bonds is 34. The van der Waals surface area contributed by atoms with E-state index in [4.69, 9.17) is 27.7 Å². The molecule has 1 saturated heterocycles. The molecule has 10 amide bonds. The number of guanidine groups is 1. The normalized spacial score (nSPS) is 16.4. The molecule has 29 heteroatoms. The first-order chi connectivity index (χ1) is 35.4.